The minimum absolute atomic E-state index is 0.129. The highest BCUT2D eigenvalue weighted by Crippen LogP contribution is 2.35. The number of rotatable bonds is 2. The fourth-order valence-electron chi connectivity index (χ4n) is 0.949. The van der Waals surface area contributed by atoms with Crippen LogP contribution in [-0.2, 0) is 12.6 Å². The first-order valence-corrected chi connectivity index (χ1v) is 4.69. The number of aromatic carboxylic acids is 1. The van der Waals surface area contributed by atoms with Crippen molar-refractivity contribution in [3.8, 4) is 0 Å². The Labute approximate surface area is 93.7 Å². The Hall–Kier alpha value is -1.32. The maximum absolute atomic E-state index is 12.3. The molecule has 0 bridgehead atoms. The molecule has 0 spiro atoms. The maximum Gasteiger partial charge on any atom is 0.435 e. The van der Waals surface area contributed by atoms with E-state index in [0.29, 0.717) is 0 Å². The van der Waals surface area contributed by atoms with Gasteiger partial charge in [-0.15, -0.1) is 11.3 Å². The van der Waals surface area contributed by atoms with Crippen LogP contribution in [0, 0.1) is 0 Å². The van der Waals surface area contributed by atoms with Gasteiger partial charge in [-0.3, -0.25) is 0 Å². The van der Waals surface area contributed by atoms with Crippen LogP contribution >= 0.6 is 11.3 Å². The third kappa shape index (κ3) is 3.58. The molecule has 0 unspecified atom stereocenters. The summed E-state index contributed by atoms with van der Waals surface area (Å²) in [5.41, 5.74) is -1.80. The van der Waals surface area contributed by atoms with Crippen LogP contribution in [0.5, 0.6) is 0 Å². The topological polar surface area (TPSA) is 50.2 Å². The van der Waals surface area contributed by atoms with E-state index in [1.54, 1.807) is 0 Å². The monoisotopic (exact) mass is 279 g/mol. The van der Waals surface area contributed by atoms with E-state index in [2.05, 4.69) is 4.98 Å². The van der Waals surface area contributed by atoms with E-state index in [4.69, 9.17) is 5.11 Å². The van der Waals surface area contributed by atoms with Crippen LogP contribution in [0.1, 0.15) is 20.4 Å². The summed E-state index contributed by atoms with van der Waals surface area (Å²) in [5.74, 6) is -1.96. The zero-order chi connectivity index (χ0) is 13.4. The van der Waals surface area contributed by atoms with Gasteiger partial charge in [-0.2, -0.15) is 26.3 Å². The van der Waals surface area contributed by atoms with Crippen molar-refractivity contribution in [2.24, 2.45) is 0 Å². The van der Waals surface area contributed by atoms with Crippen molar-refractivity contribution < 1.29 is 36.2 Å². The highest BCUT2D eigenvalue weighted by Gasteiger charge is 2.41. The van der Waals surface area contributed by atoms with Gasteiger partial charge in [0.05, 0.1) is 6.42 Å². The molecule has 0 amide bonds. The first kappa shape index (κ1) is 13.7. The second-order valence-corrected chi connectivity index (χ2v) is 3.96. The van der Waals surface area contributed by atoms with Crippen LogP contribution in [0.15, 0.2) is 0 Å². The predicted octanol–water partition coefficient (Wildman–Crippen LogP) is 2.96. The Bertz CT molecular complexity index is 435. The van der Waals surface area contributed by atoms with Gasteiger partial charge in [0.1, 0.15) is 9.88 Å². The molecule has 1 N–H and O–H groups in total. The third-order valence-electron chi connectivity index (χ3n) is 1.49. The molecule has 0 atom stereocenters. The molecule has 0 aromatic carbocycles. The van der Waals surface area contributed by atoms with Crippen molar-refractivity contribution in [3.05, 3.63) is 15.6 Å². The first-order valence-electron chi connectivity index (χ1n) is 3.87. The van der Waals surface area contributed by atoms with Crippen molar-refractivity contribution >= 4 is 17.3 Å². The van der Waals surface area contributed by atoms with Crippen molar-refractivity contribution in [3.63, 3.8) is 0 Å². The number of halogens is 6. The molecule has 0 radical (unpaired) electrons. The molecular weight excluding hydrogens is 276 g/mol. The Morgan fingerprint density at radius 2 is 1.76 bits per heavy atom. The number of carboxylic acid groups (broad SMARTS) is 1. The predicted molar refractivity (Wildman–Crippen MR) is 43.8 cm³/mol. The van der Waals surface area contributed by atoms with E-state index in [9.17, 15) is 31.1 Å². The van der Waals surface area contributed by atoms with Crippen molar-refractivity contribution in [1.82, 2.24) is 4.98 Å². The number of hydrogen-bond acceptors (Lipinski definition) is 3. The van der Waals surface area contributed by atoms with E-state index in [-0.39, 0.29) is 11.3 Å². The van der Waals surface area contributed by atoms with Gasteiger partial charge in [0, 0.05) is 0 Å². The molecular formula is C7H3F6NO2S. The summed E-state index contributed by atoms with van der Waals surface area (Å²) in [6.07, 6.45) is -11.5. The summed E-state index contributed by atoms with van der Waals surface area (Å²) in [6, 6.07) is 0. The lowest BCUT2D eigenvalue weighted by molar-refractivity contribution is -0.142. The van der Waals surface area contributed by atoms with E-state index in [1.165, 1.54) is 0 Å². The molecule has 1 aromatic rings. The number of aromatic nitrogens is 1. The quantitative estimate of drug-likeness (QED) is 0.847. The molecule has 0 fully saturated rings. The van der Waals surface area contributed by atoms with E-state index in [1.807, 2.05) is 0 Å². The lowest BCUT2D eigenvalue weighted by atomic mass is 10.3. The molecule has 1 aromatic heterocycles. The van der Waals surface area contributed by atoms with Gasteiger partial charge in [-0.1, -0.05) is 0 Å². The summed E-state index contributed by atoms with van der Waals surface area (Å²) >= 11 is -0.129. The van der Waals surface area contributed by atoms with Gasteiger partial charge in [0.15, 0.2) is 5.69 Å². The molecule has 1 rings (SSSR count). The third-order valence-corrected chi connectivity index (χ3v) is 2.53. The number of thiazole rings is 1. The number of alkyl halides is 6. The highest BCUT2D eigenvalue weighted by atomic mass is 32.1. The van der Waals surface area contributed by atoms with E-state index < -0.39 is 40.3 Å². The van der Waals surface area contributed by atoms with Crippen LogP contribution in [-0.4, -0.2) is 22.2 Å². The summed E-state index contributed by atoms with van der Waals surface area (Å²) < 4.78 is 72.5. The number of hydrogen-bond donors (Lipinski definition) is 1. The minimum Gasteiger partial charge on any atom is -0.477 e. The van der Waals surface area contributed by atoms with Crippen LogP contribution < -0.4 is 0 Å². The van der Waals surface area contributed by atoms with Gasteiger partial charge in [-0.25, -0.2) is 9.78 Å². The molecule has 1 heterocycles. The molecule has 0 aliphatic carbocycles. The van der Waals surface area contributed by atoms with Crippen molar-refractivity contribution in [1.29, 1.82) is 0 Å². The zero-order valence-electron chi connectivity index (χ0n) is 7.69. The smallest absolute Gasteiger partial charge is 0.435 e. The molecule has 17 heavy (non-hydrogen) atoms. The Morgan fingerprint density at radius 1 is 1.24 bits per heavy atom. The summed E-state index contributed by atoms with van der Waals surface area (Å²) in [7, 11) is 0. The van der Waals surface area contributed by atoms with Crippen LogP contribution in [0.2, 0.25) is 0 Å². The number of carboxylic acids is 1. The van der Waals surface area contributed by atoms with Gasteiger partial charge in [0.2, 0.25) is 0 Å². The molecule has 0 saturated heterocycles. The van der Waals surface area contributed by atoms with Gasteiger partial charge in [0.25, 0.3) is 0 Å². The standard InChI is InChI=1S/C7H3F6NO2S/c8-6(9,10)1-2-14-4(7(11,12)13)3(17-2)5(15)16/h1H2,(H,15,16). The second-order valence-electron chi connectivity index (χ2n) is 2.88. The normalized spacial score (nSPS) is 12.8. The molecule has 3 nitrogen and oxygen atoms in total. The van der Waals surface area contributed by atoms with Gasteiger partial charge >= 0.3 is 18.3 Å². The van der Waals surface area contributed by atoms with Crippen molar-refractivity contribution in [2.45, 2.75) is 18.8 Å². The zero-order valence-corrected chi connectivity index (χ0v) is 8.50. The SMILES string of the molecule is O=C(O)c1sc(CC(F)(F)F)nc1C(F)(F)F. The van der Waals surface area contributed by atoms with Gasteiger partial charge < -0.3 is 5.11 Å². The number of carbonyl (C=O) groups is 1. The average Bonchev–Trinajstić information content (AvgIpc) is 2.43. The average molecular weight is 279 g/mol. The molecule has 0 aliphatic heterocycles. The van der Waals surface area contributed by atoms with Crippen molar-refractivity contribution in [2.75, 3.05) is 0 Å². The molecule has 0 aliphatic rings. The number of nitrogens with zero attached hydrogens (tertiary/aromatic N) is 1. The highest BCUT2D eigenvalue weighted by molar-refractivity contribution is 7.13. The van der Waals surface area contributed by atoms with Crippen LogP contribution in [0.25, 0.3) is 0 Å². The maximum atomic E-state index is 12.3. The second kappa shape index (κ2) is 4.17. The Kier molecular flexibility index (Phi) is 3.37. The summed E-state index contributed by atoms with van der Waals surface area (Å²) in [6.45, 7) is 0. The van der Waals surface area contributed by atoms with Gasteiger partial charge in [-0.05, 0) is 0 Å². The largest absolute Gasteiger partial charge is 0.477 e. The van der Waals surface area contributed by atoms with E-state index >= 15 is 0 Å². The fraction of sp³-hybridized carbons (Fsp3) is 0.429. The summed E-state index contributed by atoms with van der Waals surface area (Å²) in [5, 5.41) is 7.50. The Balaban J connectivity index is 3.18. The first-order chi connectivity index (χ1) is 7.50. The minimum atomic E-state index is -5.09. The Morgan fingerprint density at radius 3 is 2.06 bits per heavy atom. The molecule has 96 valence electrons. The van der Waals surface area contributed by atoms with Crippen LogP contribution in [0.3, 0.4) is 0 Å². The lowest BCUT2D eigenvalue weighted by Gasteiger charge is -2.03. The van der Waals surface area contributed by atoms with E-state index in [0.717, 1.165) is 0 Å². The van der Waals surface area contributed by atoms with Crippen LogP contribution in [0.4, 0.5) is 26.3 Å². The lowest BCUT2D eigenvalue weighted by Crippen LogP contribution is -2.13. The molecule has 0 saturated carbocycles. The molecule has 10 heteroatoms. The fourth-order valence-corrected chi connectivity index (χ4v) is 1.90. The summed E-state index contributed by atoms with van der Waals surface area (Å²) in [4.78, 5) is 11.9.